The summed E-state index contributed by atoms with van der Waals surface area (Å²) in [6.07, 6.45) is 2.53. The highest BCUT2D eigenvalue weighted by atomic mass is 16.5. The van der Waals surface area contributed by atoms with Crippen LogP contribution in [0.15, 0.2) is 42.5 Å². The summed E-state index contributed by atoms with van der Waals surface area (Å²) < 4.78 is 5.48. The lowest BCUT2D eigenvalue weighted by molar-refractivity contribution is 0.410. The van der Waals surface area contributed by atoms with Crippen LogP contribution in [-0.2, 0) is 0 Å². The van der Waals surface area contributed by atoms with Crippen molar-refractivity contribution in [1.29, 1.82) is 0 Å². The number of rotatable bonds is 3. The normalized spacial score (nSPS) is 14.5. The number of hydrogen-bond donors (Lipinski definition) is 1. The largest absolute Gasteiger partial charge is 0.508 e. The van der Waals surface area contributed by atoms with Crippen molar-refractivity contribution < 1.29 is 9.84 Å². The number of methoxy groups -OCH3 is 1. The van der Waals surface area contributed by atoms with Crippen LogP contribution in [0.2, 0.25) is 0 Å². The van der Waals surface area contributed by atoms with Gasteiger partial charge in [0, 0.05) is 0 Å². The molecule has 18 heavy (non-hydrogen) atoms. The first-order valence-corrected chi connectivity index (χ1v) is 6.25. The fourth-order valence-corrected chi connectivity index (χ4v) is 2.31. The Hall–Kier alpha value is -1.96. The van der Waals surface area contributed by atoms with Gasteiger partial charge in [-0.2, -0.15) is 0 Å². The predicted molar refractivity (Wildman–Crippen MR) is 72.1 cm³/mol. The Morgan fingerprint density at radius 2 is 1.83 bits per heavy atom. The van der Waals surface area contributed by atoms with Gasteiger partial charge in [0.25, 0.3) is 0 Å². The second-order valence-corrected chi connectivity index (χ2v) is 4.78. The van der Waals surface area contributed by atoms with Crippen molar-refractivity contribution >= 4 is 0 Å². The van der Waals surface area contributed by atoms with E-state index in [9.17, 15) is 5.11 Å². The van der Waals surface area contributed by atoms with E-state index in [0.717, 1.165) is 16.9 Å². The molecule has 1 saturated carbocycles. The van der Waals surface area contributed by atoms with E-state index in [1.165, 1.54) is 18.4 Å². The zero-order valence-corrected chi connectivity index (χ0v) is 10.4. The molecule has 2 aromatic carbocycles. The molecule has 1 aliphatic rings. The molecule has 1 fully saturated rings. The van der Waals surface area contributed by atoms with Crippen molar-refractivity contribution in [3.63, 3.8) is 0 Å². The lowest BCUT2D eigenvalue weighted by Gasteiger charge is -2.10. The number of aromatic hydroxyl groups is 1. The Labute approximate surface area is 107 Å². The Balaban J connectivity index is 2.02. The summed E-state index contributed by atoms with van der Waals surface area (Å²) in [7, 11) is 1.72. The highest BCUT2D eigenvalue weighted by Crippen LogP contribution is 2.45. The van der Waals surface area contributed by atoms with E-state index in [1.54, 1.807) is 19.2 Å². The van der Waals surface area contributed by atoms with E-state index >= 15 is 0 Å². The molecule has 0 amide bonds. The van der Waals surface area contributed by atoms with Gasteiger partial charge in [-0.15, -0.1) is 0 Å². The first-order chi connectivity index (χ1) is 8.78. The van der Waals surface area contributed by atoms with Gasteiger partial charge in [-0.1, -0.05) is 24.3 Å². The van der Waals surface area contributed by atoms with Crippen LogP contribution in [0.5, 0.6) is 11.5 Å². The molecule has 3 rings (SSSR count). The lowest BCUT2D eigenvalue weighted by atomic mass is 10.0. The van der Waals surface area contributed by atoms with Crippen LogP contribution in [0.3, 0.4) is 0 Å². The second kappa shape index (κ2) is 4.37. The Bertz CT molecular complexity index is 571. The number of ether oxygens (including phenoxy) is 1. The van der Waals surface area contributed by atoms with E-state index in [2.05, 4.69) is 18.2 Å². The molecule has 2 aromatic rings. The molecule has 0 saturated heterocycles. The van der Waals surface area contributed by atoms with Crippen LogP contribution in [0.1, 0.15) is 24.3 Å². The minimum Gasteiger partial charge on any atom is -0.508 e. The summed E-state index contributed by atoms with van der Waals surface area (Å²) in [6, 6.07) is 13.6. The van der Waals surface area contributed by atoms with E-state index in [-0.39, 0.29) is 5.75 Å². The van der Waals surface area contributed by atoms with E-state index in [4.69, 9.17) is 4.74 Å². The van der Waals surface area contributed by atoms with Gasteiger partial charge in [-0.3, -0.25) is 0 Å². The Kier molecular flexibility index (Phi) is 2.71. The topological polar surface area (TPSA) is 29.5 Å². The van der Waals surface area contributed by atoms with Crippen molar-refractivity contribution in [2.75, 3.05) is 7.11 Å². The van der Waals surface area contributed by atoms with Gasteiger partial charge in [0.2, 0.25) is 0 Å². The highest BCUT2D eigenvalue weighted by Gasteiger charge is 2.26. The first-order valence-electron chi connectivity index (χ1n) is 6.25. The van der Waals surface area contributed by atoms with Gasteiger partial charge in [-0.25, -0.2) is 0 Å². The second-order valence-electron chi connectivity index (χ2n) is 4.78. The van der Waals surface area contributed by atoms with Gasteiger partial charge in [0.15, 0.2) is 0 Å². The summed E-state index contributed by atoms with van der Waals surface area (Å²) in [6.45, 7) is 0. The minimum atomic E-state index is 0.290. The monoisotopic (exact) mass is 240 g/mol. The summed E-state index contributed by atoms with van der Waals surface area (Å²) >= 11 is 0. The summed E-state index contributed by atoms with van der Waals surface area (Å²) in [5.74, 6) is 1.93. The maximum Gasteiger partial charge on any atom is 0.122 e. The van der Waals surface area contributed by atoms with E-state index in [1.807, 2.05) is 12.1 Å². The summed E-state index contributed by atoms with van der Waals surface area (Å²) in [5, 5.41) is 9.52. The number of hydrogen-bond acceptors (Lipinski definition) is 2. The van der Waals surface area contributed by atoms with Gasteiger partial charge in [0.05, 0.1) is 7.11 Å². The summed E-state index contributed by atoms with van der Waals surface area (Å²) in [5.41, 5.74) is 3.39. The quantitative estimate of drug-likeness (QED) is 0.880. The minimum absolute atomic E-state index is 0.290. The van der Waals surface area contributed by atoms with Crippen LogP contribution < -0.4 is 4.74 Å². The molecule has 0 bridgehead atoms. The molecule has 92 valence electrons. The van der Waals surface area contributed by atoms with Crippen LogP contribution in [-0.4, -0.2) is 12.2 Å². The zero-order chi connectivity index (χ0) is 12.5. The smallest absolute Gasteiger partial charge is 0.122 e. The Morgan fingerprint density at radius 1 is 1.06 bits per heavy atom. The SMILES string of the molecule is COc1cc(-c2cccc(O)c2)ccc1C1CC1. The number of phenolic OH excluding ortho intramolecular Hbond substituents is 1. The van der Waals surface area contributed by atoms with Crippen LogP contribution in [0.25, 0.3) is 11.1 Å². The molecule has 0 aromatic heterocycles. The van der Waals surface area contributed by atoms with Crippen LogP contribution >= 0.6 is 0 Å². The fourth-order valence-electron chi connectivity index (χ4n) is 2.31. The van der Waals surface area contributed by atoms with Gasteiger partial charge in [0.1, 0.15) is 11.5 Å². The fraction of sp³-hybridized carbons (Fsp3) is 0.250. The average molecular weight is 240 g/mol. The zero-order valence-electron chi connectivity index (χ0n) is 10.4. The third kappa shape index (κ3) is 2.06. The predicted octanol–water partition coefficient (Wildman–Crippen LogP) is 3.95. The van der Waals surface area contributed by atoms with Crippen LogP contribution in [0, 0.1) is 0 Å². The molecule has 1 N–H and O–H groups in total. The highest BCUT2D eigenvalue weighted by molar-refractivity contribution is 5.67. The molecule has 1 aliphatic carbocycles. The van der Waals surface area contributed by atoms with Gasteiger partial charge < -0.3 is 9.84 Å². The summed E-state index contributed by atoms with van der Waals surface area (Å²) in [4.78, 5) is 0. The molecular weight excluding hydrogens is 224 g/mol. The maximum atomic E-state index is 9.52. The third-order valence-corrected chi connectivity index (χ3v) is 3.43. The maximum absolute atomic E-state index is 9.52. The van der Waals surface area contributed by atoms with E-state index in [0.29, 0.717) is 5.92 Å². The van der Waals surface area contributed by atoms with Gasteiger partial charge in [-0.05, 0) is 53.6 Å². The van der Waals surface area contributed by atoms with Crippen molar-refractivity contribution in [3.8, 4) is 22.6 Å². The van der Waals surface area contributed by atoms with Crippen molar-refractivity contribution in [1.82, 2.24) is 0 Å². The molecule has 0 radical (unpaired) electrons. The number of benzene rings is 2. The van der Waals surface area contributed by atoms with E-state index < -0.39 is 0 Å². The Morgan fingerprint density at radius 3 is 2.50 bits per heavy atom. The molecule has 0 heterocycles. The average Bonchev–Trinajstić information content (AvgIpc) is 3.22. The first kappa shape index (κ1) is 11.1. The van der Waals surface area contributed by atoms with Gasteiger partial charge >= 0.3 is 0 Å². The van der Waals surface area contributed by atoms with Crippen molar-refractivity contribution in [2.24, 2.45) is 0 Å². The molecule has 0 unspecified atom stereocenters. The van der Waals surface area contributed by atoms with Crippen molar-refractivity contribution in [2.45, 2.75) is 18.8 Å². The lowest BCUT2D eigenvalue weighted by Crippen LogP contribution is -1.91. The molecule has 2 heteroatoms. The molecule has 0 spiro atoms. The third-order valence-electron chi connectivity index (χ3n) is 3.43. The molecule has 0 atom stereocenters. The molecule has 0 aliphatic heterocycles. The molecular formula is C16H16O2. The van der Waals surface area contributed by atoms with Crippen molar-refractivity contribution in [3.05, 3.63) is 48.0 Å². The van der Waals surface area contributed by atoms with Crippen LogP contribution in [0.4, 0.5) is 0 Å². The number of phenols is 1. The standard InChI is InChI=1S/C16H16O2/c1-18-16-10-13(7-8-15(16)11-5-6-11)12-3-2-4-14(17)9-12/h2-4,7-11,17H,5-6H2,1H3. The molecule has 2 nitrogen and oxygen atoms in total.